The fourth-order valence-corrected chi connectivity index (χ4v) is 2.67. The first-order valence-electron chi connectivity index (χ1n) is 7.26. The van der Waals surface area contributed by atoms with Gasteiger partial charge in [-0.3, -0.25) is 0 Å². The minimum absolute atomic E-state index is 0.923. The maximum absolute atomic E-state index is 5.23. The van der Waals surface area contributed by atoms with Crippen LogP contribution >= 0.6 is 0 Å². The molecule has 0 spiro atoms. The van der Waals surface area contributed by atoms with Crippen molar-refractivity contribution in [3.05, 3.63) is 71.3 Å². The first-order chi connectivity index (χ1) is 9.86. The Balaban J connectivity index is 1.87. The van der Waals surface area contributed by atoms with Crippen molar-refractivity contribution < 1.29 is 4.74 Å². The molecule has 0 heterocycles. The lowest BCUT2D eigenvalue weighted by Gasteiger charge is -2.23. The van der Waals surface area contributed by atoms with E-state index < -0.39 is 0 Å². The van der Waals surface area contributed by atoms with Crippen LogP contribution in [0.3, 0.4) is 0 Å². The van der Waals surface area contributed by atoms with Crippen molar-refractivity contribution in [1.29, 1.82) is 0 Å². The Kier molecular flexibility index (Phi) is 3.87. The van der Waals surface area contributed by atoms with E-state index in [0.717, 1.165) is 12.2 Å². The number of allylic oxidation sites excluding steroid dienone is 2. The van der Waals surface area contributed by atoms with E-state index in [1.54, 1.807) is 12.7 Å². The van der Waals surface area contributed by atoms with Gasteiger partial charge in [0.25, 0.3) is 0 Å². The van der Waals surface area contributed by atoms with Crippen LogP contribution in [-0.4, -0.2) is 7.11 Å². The molecule has 1 aliphatic rings. The van der Waals surface area contributed by atoms with Crippen LogP contribution in [0.5, 0.6) is 5.75 Å². The molecule has 1 saturated carbocycles. The molecule has 0 bridgehead atoms. The summed E-state index contributed by atoms with van der Waals surface area (Å²) >= 11 is 0. The van der Waals surface area contributed by atoms with E-state index in [0.29, 0.717) is 0 Å². The first-order valence-corrected chi connectivity index (χ1v) is 7.26. The van der Waals surface area contributed by atoms with Crippen molar-refractivity contribution in [3.8, 4) is 5.75 Å². The van der Waals surface area contributed by atoms with Gasteiger partial charge in [0.2, 0.25) is 0 Å². The zero-order valence-electron chi connectivity index (χ0n) is 11.9. The van der Waals surface area contributed by atoms with Gasteiger partial charge in [0.15, 0.2) is 0 Å². The maximum atomic E-state index is 5.23. The highest BCUT2D eigenvalue weighted by atomic mass is 16.5. The SMILES string of the molecule is COc1ccc(CC(=C2CCC2)c2ccccc2)cc1. The highest BCUT2D eigenvalue weighted by Gasteiger charge is 2.16. The van der Waals surface area contributed by atoms with Crippen LogP contribution in [0.4, 0.5) is 0 Å². The van der Waals surface area contributed by atoms with E-state index in [1.807, 2.05) is 12.1 Å². The number of methoxy groups -OCH3 is 1. The summed E-state index contributed by atoms with van der Waals surface area (Å²) < 4.78 is 5.23. The predicted octanol–water partition coefficient (Wildman–Crippen LogP) is 4.88. The Morgan fingerprint density at radius 2 is 1.65 bits per heavy atom. The third-order valence-electron chi connectivity index (χ3n) is 4.05. The van der Waals surface area contributed by atoms with Crippen molar-refractivity contribution >= 4 is 5.57 Å². The zero-order valence-corrected chi connectivity index (χ0v) is 11.9. The minimum atomic E-state index is 0.923. The Bertz CT molecular complexity index is 587. The molecule has 0 atom stereocenters. The highest BCUT2D eigenvalue weighted by Crippen LogP contribution is 2.35. The van der Waals surface area contributed by atoms with E-state index in [9.17, 15) is 0 Å². The number of hydrogen-bond donors (Lipinski definition) is 0. The largest absolute Gasteiger partial charge is 0.497 e. The lowest BCUT2D eigenvalue weighted by molar-refractivity contribution is 0.414. The number of rotatable bonds is 4. The molecular weight excluding hydrogens is 244 g/mol. The first kappa shape index (κ1) is 13.0. The van der Waals surface area contributed by atoms with E-state index in [2.05, 4.69) is 42.5 Å². The Labute approximate surface area is 120 Å². The number of hydrogen-bond acceptors (Lipinski definition) is 1. The van der Waals surface area contributed by atoms with Crippen molar-refractivity contribution in [2.45, 2.75) is 25.7 Å². The molecule has 1 nitrogen and oxygen atoms in total. The summed E-state index contributed by atoms with van der Waals surface area (Å²) in [6.45, 7) is 0. The molecule has 0 aliphatic heterocycles. The summed E-state index contributed by atoms with van der Waals surface area (Å²) in [5.41, 5.74) is 5.87. The summed E-state index contributed by atoms with van der Waals surface area (Å²) in [6, 6.07) is 19.2. The standard InChI is InChI=1S/C19H20O/c1-20-18-12-10-15(11-13-18)14-19(17-8-5-9-17)16-6-3-2-4-7-16/h2-4,6-7,10-13H,5,8-9,14H2,1H3. The zero-order chi connectivity index (χ0) is 13.8. The van der Waals surface area contributed by atoms with Gasteiger partial charge in [-0.2, -0.15) is 0 Å². The summed E-state index contributed by atoms with van der Waals surface area (Å²) in [5.74, 6) is 0.923. The molecule has 1 heteroatoms. The van der Waals surface area contributed by atoms with Gasteiger partial charge in [-0.05, 0) is 54.5 Å². The van der Waals surface area contributed by atoms with Crippen LogP contribution in [0.15, 0.2) is 60.2 Å². The van der Waals surface area contributed by atoms with Crippen LogP contribution in [0.25, 0.3) is 5.57 Å². The summed E-state index contributed by atoms with van der Waals surface area (Å²) in [7, 11) is 1.71. The van der Waals surface area contributed by atoms with Crippen LogP contribution in [-0.2, 0) is 6.42 Å². The summed E-state index contributed by atoms with van der Waals surface area (Å²) in [5, 5.41) is 0. The molecule has 2 aromatic carbocycles. The molecule has 2 aromatic rings. The van der Waals surface area contributed by atoms with Crippen LogP contribution in [0, 0.1) is 0 Å². The Morgan fingerprint density at radius 1 is 0.950 bits per heavy atom. The molecule has 0 N–H and O–H groups in total. The molecule has 20 heavy (non-hydrogen) atoms. The van der Waals surface area contributed by atoms with Gasteiger partial charge in [0.1, 0.15) is 5.75 Å². The predicted molar refractivity (Wildman–Crippen MR) is 83.9 cm³/mol. The average Bonchev–Trinajstić information content (AvgIpc) is 2.46. The van der Waals surface area contributed by atoms with Crippen LogP contribution in [0.1, 0.15) is 30.4 Å². The third kappa shape index (κ3) is 2.77. The molecule has 3 rings (SSSR count). The van der Waals surface area contributed by atoms with Crippen molar-refractivity contribution in [3.63, 3.8) is 0 Å². The summed E-state index contributed by atoms with van der Waals surface area (Å²) in [6.07, 6.45) is 4.89. The minimum Gasteiger partial charge on any atom is -0.497 e. The fourth-order valence-electron chi connectivity index (χ4n) is 2.67. The van der Waals surface area contributed by atoms with Gasteiger partial charge >= 0.3 is 0 Å². The fraction of sp³-hybridized carbons (Fsp3) is 0.263. The van der Waals surface area contributed by atoms with Gasteiger partial charge in [-0.1, -0.05) is 48.0 Å². The smallest absolute Gasteiger partial charge is 0.118 e. The molecule has 0 aromatic heterocycles. The van der Waals surface area contributed by atoms with Gasteiger partial charge in [0.05, 0.1) is 7.11 Å². The van der Waals surface area contributed by atoms with Crippen molar-refractivity contribution in [2.75, 3.05) is 7.11 Å². The quantitative estimate of drug-likeness (QED) is 0.765. The average molecular weight is 264 g/mol. The molecule has 102 valence electrons. The second kappa shape index (κ2) is 5.96. The maximum Gasteiger partial charge on any atom is 0.118 e. The molecule has 1 aliphatic carbocycles. The van der Waals surface area contributed by atoms with E-state index in [1.165, 1.54) is 36.0 Å². The van der Waals surface area contributed by atoms with E-state index in [-0.39, 0.29) is 0 Å². The molecule has 1 fully saturated rings. The second-order valence-corrected chi connectivity index (χ2v) is 5.33. The normalized spacial score (nSPS) is 13.8. The van der Waals surface area contributed by atoms with Gasteiger partial charge in [-0.25, -0.2) is 0 Å². The highest BCUT2D eigenvalue weighted by molar-refractivity contribution is 5.71. The molecular formula is C19H20O. The monoisotopic (exact) mass is 264 g/mol. The van der Waals surface area contributed by atoms with Crippen LogP contribution in [0.2, 0.25) is 0 Å². The third-order valence-corrected chi connectivity index (χ3v) is 4.05. The van der Waals surface area contributed by atoms with Gasteiger partial charge in [-0.15, -0.1) is 0 Å². The number of benzene rings is 2. The Hall–Kier alpha value is -2.02. The lowest BCUT2D eigenvalue weighted by atomic mass is 9.83. The molecule has 0 radical (unpaired) electrons. The topological polar surface area (TPSA) is 9.23 Å². The van der Waals surface area contributed by atoms with Gasteiger partial charge < -0.3 is 4.74 Å². The molecule has 0 saturated heterocycles. The van der Waals surface area contributed by atoms with Crippen molar-refractivity contribution in [2.24, 2.45) is 0 Å². The summed E-state index contributed by atoms with van der Waals surface area (Å²) in [4.78, 5) is 0. The molecule has 0 unspecified atom stereocenters. The van der Waals surface area contributed by atoms with Crippen molar-refractivity contribution in [1.82, 2.24) is 0 Å². The van der Waals surface area contributed by atoms with E-state index >= 15 is 0 Å². The molecule has 0 amide bonds. The van der Waals surface area contributed by atoms with E-state index in [4.69, 9.17) is 4.74 Å². The van der Waals surface area contributed by atoms with Gasteiger partial charge in [0, 0.05) is 0 Å². The second-order valence-electron chi connectivity index (χ2n) is 5.33. The number of ether oxygens (including phenoxy) is 1. The lowest BCUT2D eigenvalue weighted by Crippen LogP contribution is -2.04. The van der Waals surface area contributed by atoms with Crippen LogP contribution < -0.4 is 4.74 Å². The Morgan fingerprint density at radius 3 is 2.20 bits per heavy atom.